The predicted molar refractivity (Wildman–Crippen MR) is 65.4 cm³/mol. The topological polar surface area (TPSA) is 95.2 Å². The quantitative estimate of drug-likeness (QED) is 0.679. The van der Waals surface area contributed by atoms with E-state index >= 15 is 0 Å². The molecule has 1 aromatic heterocycles. The summed E-state index contributed by atoms with van der Waals surface area (Å²) in [5.74, 6) is 0.435. The smallest absolute Gasteiger partial charge is 0.280 e. The van der Waals surface area contributed by atoms with Crippen molar-refractivity contribution in [3.8, 4) is 11.3 Å². The number of halogens is 1. The van der Waals surface area contributed by atoms with Crippen molar-refractivity contribution in [2.24, 2.45) is 0 Å². The Morgan fingerprint density at radius 2 is 2.24 bits per heavy atom. The Bertz CT molecular complexity index is 594. The van der Waals surface area contributed by atoms with E-state index < -0.39 is 4.92 Å². The summed E-state index contributed by atoms with van der Waals surface area (Å²) >= 11 is 3.20. The molecular weight excluding hydrogens is 290 g/mol. The molecule has 88 valence electrons. The van der Waals surface area contributed by atoms with E-state index in [1.165, 1.54) is 6.07 Å². The number of nitrogens with two attached hydrogens (primary N) is 1. The fourth-order valence-corrected chi connectivity index (χ4v) is 1.89. The number of aromatic nitrogens is 1. The first-order chi connectivity index (χ1) is 8.02. The van der Waals surface area contributed by atoms with E-state index in [0.717, 1.165) is 5.56 Å². The molecule has 0 spiro atoms. The van der Waals surface area contributed by atoms with Crippen molar-refractivity contribution in [2.45, 2.75) is 6.92 Å². The molecule has 0 bridgehead atoms. The van der Waals surface area contributed by atoms with Gasteiger partial charge in [0, 0.05) is 6.07 Å². The summed E-state index contributed by atoms with van der Waals surface area (Å²) in [5.41, 5.74) is 6.59. The van der Waals surface area contributed by atoms with Crippen LogP contribution >= 0.6 is 15.9 Å². The molecule has 0 amide bonds. The van der Waals surface area contributed by atoms with Crippen molar-refractivity contribution in [3.63, 3.8) is 0 Å². The second kappa shape index (κ2) is 4.17. The van der Waals surface area contributed by atoms with Gasteiger partial charge in [-0.1, -0.05) is 17.3 Å². The highest BCUT2D eigenvalue weighted by Gasteiger charge is 2.24. The minimum atomic E-state index is -0.465. The molecule has 1 aromatic carbocycles. The number of hydrogen-bond acceptors (Lipinski definition) is 5. The third-order valence-corrected chi connectivity index (χ3v) is 3.10. The molecule has 0 aliphatic carbocycles. The van der Waals surface area contributed by atoms with Crippen LogP contribution in [0.4, 0.5) is 11.5 Å². The molecule has 2 N–H and O–H groups in total. The fourth-order valence-electron chi connectivity index (χ4n) is 1.55. The first-order valence-corrected chi connectivity index (χ1v) is 5.46. The molecule has 0 saturated heterocycles. The number of nitrogen functional groups attached to an aromatic ring is 1. The van der Waals surface area contributed by atoms with E-state index in [1.807, 2.05) is 0 Å². The Balaban J connectivity index is 2.74. The van der Waals surface area contributed by atoms with Crippen molar-refractivity contribution in [2.75, 3.05) is 5.73 Å². The second-order valence-electron chi connectivity index (χ2n) is 3.44. The number of benzene rings is 1. The Labute approximate surface area is 105 Å². The van der Waals surface area contributed by atoms with Gasteiger partial charge in [0.1, 0.15) is 10.0 Å². The average molecular weight is 298 g/mol. The number of nitrogens with zero attached hydrogens (tertiary/aromatic N) is 2. The zero-order chi connectivity index (χ0) is 12.6. The van der Waals surface area contributed by atoms with Crippen LogP contribution in [-0.4, -0.2) is 10.1 Å². The zero-order valence-electron chi connectivity index (χ0n) is 8.81. The largest absolute Gasteiger partial charge is 0.380 e. The Morgan fingerprint density at radius 3 is 2.76 bits per heavy atom. The van der Waals surface area contributed by atoms with Crippen LogP contribution in [0.2, 0.25) is 0 Å². The van der Waals surface area contributed by atoms with Crippen LogP contribution in [0.15, 0.2) is 27.2 Å². The van der Waals surface area contributed by atoms with Crippen LogP contribution in [0.1, 0.15) is 5.56 Å². The maximum absolute atomic E-state index is 11.0. The van der Waals surface area contributed by atoms with Gasteiger partial charge in [-0.2, -0.15) is 0 Å². The summed E-state index contributed by atoms with van der Waals surface area (Å²) in [6.07, 6.45) is 0. The van der Waals surface area contributed by atoms with Crippen LogP contribution in [0.5, 0.6) is 0 Å². The van der Waals surface area contributed by atoms with Gasteiger partial charge >= 0.3 is 0 Å². The van der Waals surface area contributed by atoms with Gasteiger partial charge in [-0.15, -0.1) is 0 Å². The molecule has 0 aliphatic rings. The number of rotatable bonds is 2. The van der Waals surface area contributed by atoms with E-state index in [-0.39, 0.29) is 17.3 Å². The Morgan fingerprint density at radius 1 is 1.53 bits per heavy atom. The molecule has 2 aromatic rings. The zero-order valence-corrected chi connectivity index (χ0v) is 10.4. The number of nitro benzene ring substituents is 1. The summed E-state index contributed by atoms with van der Waals surface area (Å²) in [5, 5.41) is 14.5. The minimum Gasteiger partial charge on any atom is -0.380 e. The van der Waals surface area contributed by atoms with Crippen molar-refractivity contribution < 1.29 is 9.45 Å². The molecule has 0 atom stereocenters. The van der Waals surface area contributed by atoms with Crippen LogP contribution in [0, 0.1) is 17.0 Å². The van der Waals surface area contributed by atoms with Gasteiger partial charge in [-0.3, -0.25) is 10.1 Å². The molecule has 0 fully saturated rings. The summed E-state index contributed by atoms with van der Waals surface area (Å²) in [7, 11) is 0. The summed E-state index contributed by atoms with van der Waals surface area (Å²) < 4.78 is 5.45. The molecule has 7 heteroatoms. The van der Waals surface area contributed by atoms with Crippen molar-refractivity contribution in [1.82, 2.24) is 5.16 Å². The average Bonchev–Trinajstić information content (AvgIpc) is 2.60. The van der Waals surface area contributed by atoms with Gasteiger partial charge in [-0.25, -0.2) is 0 Å². The first kappa shape index (κ1) is 11.6. The Hall–Kier alpha value is -1.89. The lowest BCUT2D eigenvalue weighted by molar-refractivity contribution is -0.384. The lowest BCUT2D eigenvalue weighted by Crippen LogP contribution is -1.94. The normalized spacial score (nSPS) is 10.5. The highest BCUT2D eigenvalue weighted by Crippen LogP contribution is 2.39. The molecule has 0 radical (unpaired) electrons. The van der Waals surface area contributed by atoms with Crippen molar-refractivity contribution >= 4 is 27.4 Å². The molecule has 1 heterocycles. The highest BCUT2D eigenvalue weighted by molar-refractivity contribution is 9.10. The summed E-state index contributed by atoms with van der Waals surface area (Å²) in [6, 6.07) is 4.78. The van der Waals surface area contributed by atoms with Crippen LogP contribution in [-0.2, 0) is 0 Å². The van der Waals surface area contributed by atoms with Crippen molar-refractivity contribution in [3.05, 3.63) is 38.3 Å². The monoisotopic (exact) mass is 297 g/mol. The number of aryl methyl sites for hydroxylation is 1. The van der Waals surface area contributed by atoms with E-state index in [0.29, 0.717) is 10.0 Å². The van der Waals surface area contributed by atoms with Gasteiger partial charge in [0.2, 0.25) is 0 Å². The summed E-state index contributed by atoms with van der Waals surface area (Å²) in [4.78, 5) is 10.5. The van der Waals surface area contributed by atoms with Gasteiger partial charge in [0.05, 0.1) is 4.92 Å². The van der Waals surface area contributed by atoms with Crippen LogP contribution in [0.3, 0.4) is 0 Å². The lowest BCUT2D eigenvalue weighted by Gasteiger charge is -2.03. The predicted octanol–water partition coefficient (Wildman–Crippen LogP) is 2.90. The van der Waals surface area contributed by atoms with Crippen LogP contribution < -0.4 is 5.73 Å². The van der Waals surface area contributed by atoms with Gasteiger partial charge in [0.15, 0.2) is 11.6 Å². The maximum Gasteiger partial charge on any atom is 0.280 e. The number of hydrogen-bond donors (Lipinski definition) is 1. The summed E-state index contributed by atoms with van der Waals surface area (Å²) in [6.45, 7) is 1.76. The van der Waals surface area contributed by atoms with E-state index in [2.05, 4.69) is 21.1 Å². The third kappa shape index (κ3) is 1.89. The second-order valence-corrected chi connectivity index (χ2v) is 4.23. The molecular formula is C10H8BrN3O3. The maximum atomic E-state index is 11.0. The fraction of sp³-hybridized carbons (Fsp3) is 0.100. The van der Waals surface area contributed by atoms with Crippen LogP contribution in [0.25, 0.3) is 11.3 Å². The molecule has 2 rings (SSSR count). The number of nitro groups is 1. The molecule has 0 saturated carbocycles. The van der Waals surface area contributed by atoms with Gasteiger partial charge in [0.25, 0.3) is 5.69 Å². The third-order valence-electron chi connectivity index (χ3n) is 2.33. The molecule has 17 heavy (non-hydrogen) atoms. The van der Waals surface area contributed by atoms with Crippen molar-refractivity contribution in [1.29, 1.82) is 0 Å². The van der Waals surface area contributed by atoms with E-state index in [1.54, 1.807) is 19.1 Å². The molecule has 0 aliphatic heterocycles. The van der Waals surface area contributed by atoms with E-state index in [9.17, 15) is 10.1 Å². The number of anilines is 1. The van der Waals surface area contributed by atoms with Gasteiger partial charge < -0.3 is 10.3 Å². The minimum absolute atomic E-state index is 0.0400. The van der Waals surface area contributed by atoms with E-state index in [4.69, 9.17) is 10.3 Å². The molecule has 0 unspecified atom stereocenters. The van der Waals surface area contributed by atoms with Gasteiger partial charge in [-0.05, 0) is 28.4 Å². The Kier molecular flexibility index (Phi) is 2.84. The molecule has 6 nitrogen and oxygen atoms in total. The standard InChI is InChI=1S/C10H8BrN3O3/c1-5-3-2-4-6(14(15)16)7(5)9-8(11)10(12)13-17-9/h2-4H,1H3,(H2,12,13). The SMILES string of the molecule is Cc1cccc([N+](=O)[O-])c1-c1onc(N)c1Br. The lowest BCUT2D eigenvalue weighted by atomic mass is 10.0. The highest BCUT2D eigenvalue weighted by atomic mass is 79.9. The first-order valence-electron chi connectivity index (χ1n) is 4.67.